The lowest BCUT2D eigenvalue weighted by molar-refractivity contribution is 0.104. The standard InChI is InChI=1S/C23H20O4/c1-26-23-13-11-17(10-12-22(25)18-6-5-7-20(24)15-18)14-19(23)16-27-21-8-3-2-4-9-21/h2-15,24H,16H2,1H3/b12-10+. The number of methoxy groups -OCH3 is 1. The number of ketones is 1. The van der Waals surface area contributed by atoms with Gasteiger partial charge < -0.3 is 14.6 Å². The number of carbonyl (C=O) groups excluding carboxylic acids is 1. The summed E-state index contributed by atoms with van der Waals surface area (Å²) in [6.45, 7) is 0.357. The number of phenols is 1. The lowest BCUT2D eigenvalue weighted by atomic mass is 10.1. The second kappa shape index (κ2) is 8.72. The first kappa shape index (κ1) is 18.3. The molecule has 3 aromatic carbocycles. The molecule has 0 aliphatic rings. The molecule has 3 aromatic rings. The molecule has 27 heavy (non-hydrogen) atoms. The van der Waals surface area contributed by atoms with Crippen LogP contribution in [-0.2, 0) is 6.61 Å². The monoisotopic (exact) mass is 360 g/mol. The summed E-state index contributed by atoms with van der Waals surface area (Å²) in [7, 11) is 1.61. The summed E-state index contributed by atoms with van der Waals surface area (Å²) in [4.78, 5) is 12.2. The number of ether oxygens (including phenoxy) is 2. The van der Waals surface area contributed by atoms with Crippen LogP contribution in [0.15, 0.2) is 78.9 Å². The van der Waals surface area contributed by atoms with Crippen molar-refractivity contribution in [3.8, 4) is 17.2 Å². The molecule has 0 unspecified atom stereocenters. The van der Waals surface area contributed by atoms with Crippen LogP contribution in [0.25, 0.3) is 6.08 Å². The van der Waals surface area contributed by atoms with Crippen LogP contribution in [0.5, 0.6) is 17.2 Å². The zero-order valence-corrected chi connectivity index (χ0v) is 15.0. The minimum absolute atomic E-state index is 0.0686. The molecule has 0 aliphatic heterocycles. The third-order valence-corrected chi connectivity index (χ3v) is 4.00. The van der Waals surface area contributed by atoms with Gasteiger partial charge >= 0.3 is 0 Å². The number of benzene rings is 3. The molecular weight excluding hydrogens is 340 g/mol. The molecule has 0 saturated heterocycles. The topological polar surface area (TPSA) is 55.8 Å². The van der Waals surface area contributed by atoms with Gasteiger partial charge in [0.25, 0.3) is 0 Å². The van der Waals surface area contributed by atoms with Gasteiger partial charge in [-0.3, -0.25) is 4.79 Å². The number of hydrogen-bond acceptors (Lipinski definition) is 4. The number of carbonyl (C=O) groups is 1. The first-order valence-corrected chi connectivity index (χ1v) is 8.52. The van der Waals surface area contributed by atoms with E-state index in [2.05, 4.69) is 0 Å². The Balaban J connectivity index is 1.75. The van der Waals surface area contributed by atoms with Gasteiger partial charge in [-0.15, -0.1) is 0 Å². The Hall–Kier alpha value is -3.53. The Morgan fingerprint density at radius 1 is 1.00 bits per heavy atom. The van der Waals surface area contributed by atoms with Crippen LogP contribution in [0.1, 0.15) is 21.5 Å². The van der Waals surface area contributed by atoms with E-state index in [0.717, 1.165) is 22.6 Å². The predicted molar refractivity (Wildman–Crippen MR) is 105 cm³/mol. The van der Waals surface area contributed by atoms with E-state index >= 15 is 0 Å². The van der Waals surface area contributed by atoms with Gasteiger partial charge in [-0.25, -0.2) is 0 Å². The smallest absolute Gasteiger partial charge is 0.185 e. The molecule has 1 N–H and O–H groups in total. The molecule has 4 nitrogen and oxygen atoms in total. The highest BCUT2D eigenvalue weighted by Gasteiger charge is 2.06. The van der Waals surface area contributed by atoms with Gasteiger partial charge in [-0.05, 0) is 48.0 Å². The van der Waals surface area contributed by atoms with Gasteiger partial charge in [0.15, 0.2) is 5.78 Å². The number of para-hydroxylation sites is 1. The maximum atomic E-state index is 12.2. The highest BCUT2D eigenvalue weighted by atomic mass is 16.5. The zero-order chi connectivity index (χ0) is 19.1. The molecule has 0 bridgehead atoms. The van der Waals surface area contributed by atoms with Gasteiger partial charge in [0.1, 0.15) is 23.9 Å². The van der Waals surface area contributed by atoms with E-state index in [-0.39, 0.29) is 11.5 Å². The Morgan fingerprint density at radius 3 is 2.56 bits per heavy atom. The van der Waals surface area contributed by atoms with Crippen molar-refractivity contribution in [3.63, 3.8) is 0 Å². The number of allylic oxidation sites excluding steroid dienone is 1. The van der Waals surface area contributed by atoms with Crippen LogP contribution in [0.4, 0.5) is 0 Å². The molecule has 0 saturated carbocycles. The SMILES string of the molecule is COc1ccc(/C=C/C(=O)c2cccc(O)c2)cc1COc1ccccc1. The quantitative estimate of drug-likeness (QED) is 0.482. The molecule has 136 valence electrons. The number of aromatic hydroxyl groups is 1. The van der Waals surface area contributed by atoms with Crippen LogP contribution in [0, 0.1) is 0 Å². The molecule has 0 aromatic heterocycles. The lowest BCUT2D eigenvalue weighted by Gasteiger charge is -2.11. The molecule has 0 heterocycles. The summed E-state index contributed by atoms with van der Waals surface area (Å²) in [5, 5.41) is 9.49. The summed E-state index contributed by atoms with van der Waals surface area (Å²) >= 11 is 0. The van der Waals surface area contributed by atoms with Crippen LogP contribution >= 0.6 is 0 Å². The van der Waals surface area contributed by atoms with Gasteiger partial charge in [0.2, 0.25) is 0 Å². The fourth-order valence-electron chi connectivity index (χ4n) is 2.62. The fraction of sp³-hybridized carbons (Fsp3) is 0.0870. The Kier molecular flexibility index (Phi) is 5.90. The third kappa shape index (κ3) is 4.98. The van der Waals surface area contributed by atoms with Crippen molar-refractivity contribution in [2.24, 2.45) is 0 Å². The molecule has 0 aliphatic carbocycles. The van der Waals surface area contributed by atoms with Crippen molar-refractivity contribution in [3.05, 3.63) is 95.6 Å². The average molecular weight is 360 g/mol. The van der Waals surface area contributed by atoms with Gasteiger partial charge in [0.05, 0.1) is 7.11 Å². The molecule has 0 amide bonds. The minimum atomic E-state index is -0.177. The summed E-state index contributed by atoms with van der Waals surface area (Å²) in [5.74, 6) is 1.39. The van der Waals surface area contributed by atoms with E-state index in [1.165, 1.54) is 18.2 Å². The highest BCUT2D eigenvalue weighted by molar-refractivity contribution is 6.07. The summed E-state index contributed by atoms with van der Waals surface area (Å²) in [6, 6.07) is 21.5. The maximum absolute atomic E-state index is 12.2. The predicted octanol–water partition coefficient (Wildman–Crippen LogP) is 4.88. The van der Waals surface area contributed by atoms with Crippen LogP contribution in [0.3, 0.4) is 0 Å². The molecule has 0 fully saturated rings. The Labute approximate surface area is 158 Å². The molecule has 0 spiro atoms. The third-order valence-electron chi connectivity index (χ3n) is 4.00. The average Bonchev–Trinajstić information content (AvgIpc) is 2.71. The summed E-state index contributed by atoms with van der Waals surface area (Å²) in [5.41, 5.74) is 2.18. The first-order valence-electron chi connectivity index (χ1n) is 8.52. The number of phenolic OH excluding ortho intramolecular Hbond substituents is 1. The van der Waals surface area contributed by atoms with Gasteiger partial charge in [-0.1, -0.05) is 42.5 Å². The summed E-state index contributed by atoms with van der Waals surface area (Å²) < 4.78 is 11.2. The second-order valence-corrected chi connectivity index (χ2v) is 5.92. The van der Waals surface area contributed by atoms with Crippen LogP contribution in [-0.4, -0.2) is 18.0 Å². The molecule has 3 rings (SSSR count). The first-order chi connectivity index (χ1) is 13.2. The van der Waals surface area contributed by atoms with Gasteiger partial charge in [0, 0.05) is 11.1 Å². The highest BCUT2D eigenvalue weighted by Crippen LogP contribution is 2.23. The summed E-state index contributed by atoms with van der Waals surface area (Å²) in [6.07, 6.45) is 3.22. The Bertz CT molecular complexity index is 946. The second-order valence-electron chi connectivity index (χ2n) is 5.92. The molecular formula is C23H20O4. The van der Waals surface area contributed by atoms with E-state index in [0.29, 0.717) is 12.2 Å². The van der Waals surface area contributed by atoms with Crippen molar-refractivity contribution in [2.75, 3.05) is 7.11 Å². The minimum Gasteiger partial charge on any atom is -0.508 e. The van der Waals surface area contributed by atoms with Crippen LogP contribution < -0.4 is 9.47 Å². The van der Waals surface area contributed by atoms with Crippen molar-refractivity contribution in [1.29, 1.82) is 0 Å². The number of rotatable bonds is 7. The van der Waals surface area contributed by atoms with E-state index in [4.69, 9.17) is 9.47 Å². The lowest BCUT2D eigenvalue weighted by Crippen LogP contribution is -1.99. The van der Waals surface area contributed by atoms with E-state index in [1.807, 2.05) is 48.5 Å². The van der Waals surface area contributed by atoms with Crippen LogP contribution in [0.2, 0.25) is 0 Å². The van der Waals surface area contributed by atoms with E-state index in [1.54, 1.807) is 25.3 Å². The van der Waals surface area contributed by atoms with E-state index < -0.39 is 0 Å². The number of hydrogen-bond donors (Lipinski definition) is 1. The molecule has 4 heteroatoms. The van der Waals surface area contributed by atoms with E-state index in [9.17, 15) is 9.90 Å². The Morgan fingerprint density at radius 2 is 1.81 bits per heavy atom. The zero-order valence-electron chi connectivity index (χ0n) is 15.0. The van der Waals surface area contributed by atoms with Crippen molar-refractivity contribution >= 4 is 11.9 Å². The normalized spacial score (nSPS) is 10.7. The van der Waals surface area contributed by atoms with Crippen molar-refractivity contribution in [1.82, 2.24) is 0 Å². The van der Waals surface area contributed by atoms with Crippen molar-refractivity contribution < 1.29 is 19.4 Å². The van der Waals surface area contributed by atoms with Crippen molar-refractivity contribution in [2.45, 2.75) is 6.61 Å². The van der Waals surface area contributed by atoms with Gasteiger partial charge in [-0.2, -0.15) is 0 Å². The molecule has 0 radical (unpaired) electrons. The fourth-order valence-corrected chi connectivity index (χ4v) is 2.62. The molecule has 0 atom stereocenters. The largest absolute Gasteiger partial charge is 0.508 e. The maximum Gasteiger partial charge on any atom is 0.185 e.